The first-order valence-corrected chi connectivity index (χ1v) is 6.34. The van der Waals surface area contributed by atoms with Crippen molar-refractivity contribution in [2.45, 2.75) is 6.18 Å². The Kier molecular flexibility index (Phi) is 4.19. The predicted octanol–water partition coefficient (Wildman–Crippen LogP) is 6.47. The number of hydrogen-bond acceptors (Lipinski definition) is 0. The van der Waals surface area contributed by atoms with E-state index in [0.29, 0.717) is 6.07 Å². The smallest absolute Gasteiger partial charge is 0.207 e. The summed E-state index contributed by atoms with van der Waals surface area (Å²) >= 11 is 17.4. The SMILES string of the molecule is Fc1cc(-c2cc(Cl)c(Cl)cc2Cl)cc(C(F)(F)F)c1. The zero-order valence-corrected chi connectivity index (χ0v) is 11.8. The van der Waals surface area contributed by atoms with Crippen LogP contribution in [0.2, 0.25) is 15.1 Å². The minimum atomic E-state index is -4.65. The summed E-state index contributed by atoms with van der Waals surface area (Å²) in [4.78, 5) is 0. The van der Waals surface area contributed by atoms with Gasteiger partial charge in [-0.15, -0.1) is 0 Å². The Morgan fingerprint density at radius 1 is 0.750 bits per heavy atom. The molecular formula is C13H5Cl3F4. The highest BCUT2D eigenvalue weighted by molar-refractivity contribution is 6.44. The zero-order valence-electron chi connectivity index (χ0n) is 9.53. The van der Waals surface area contributed by atoms with E-state index >= 15 is 0 Å². The lowest BCUT2D eigenvalue weighted by Gasteiger charge is -2.11. The summed E-state index contributed by atoms with van der Waals surface area (Å²) in [6, 6.07) is 4.74. The summed E-state index contributed by atoms with van der Waals surface area (Å²) in [6.07, 6.45) is -4.65. The van der Waals surface area contributed by atoms with Gasteiger partial charge in [-0.2, -0.15) is 13.2 Å². The van der Waals surface area contributed by atoms with Gasteiger partial charge in [0.1, 0.15) is 5.82 Å². The predicted molar refractivity (Wildman–Crippen MR) is 71.9 cm³/mol. The first-order valence-electron chi connectivity index (χ1n) is 5.21. The molecule has 0 heterocycles. The molecule has 0 N–H and O–H groups in total. The summed E-state index contributed by atoms with van der Waals surface area (Å²) in [5.41, 5.74) is -0.957. The van der Waals surface area contributed by atoms with Crippen molar-refractivity contribution >= 4 is 34.8 Å². The zero-order chi connectivity index (χ0) is 15.1. The van der Waals surface area contributed by atoms with Gasteiger partial charge in [0.25, 0.3) is 0 Å². The highest BCUT2D eigenvalue weighted by Crippen LogP contribution is 2.38. The molecule has 0 aliphatic rings. The first kappa shape index (κ1) is 15.4. The average molecular weight is 344 g/mol. The standard InChI is InChI=1S/C13H5Cl3F4/c14-10-5-12(16)11(15)4-9(10)6-1-7(13(18,19)20)3-8(17)2-6/h1-5H. The molecule has 0 fully saturated rings. The van der Waals surface area contributed by atoms with Gasteiger partial charge >= 0.3 is 6.18 Å². The molecule has 0 amide bonds. The number of alkyl halides is 3. The third kappa shape index (κ3) is 3.19. The van der Waals surface area contributed by atoms with Gasteiger partial charge in [0.2, 0.25) is 0 Å². The van der Waals surface area contributed by atoms with Gasteiger partial charge in [-0.1, -0.05) is 34.8 Å². The molecule has 0 aliphatic carbocycles. The normalized spacial score (nSPS) is 11.8. The summed E-state index contributed by atoms with van der Waals surface area (Å²) in [6.45, 7) is 0. The minimum Gasteiger partial charge on any atom is -0.207 e. The van der Waals surface area contributed by atoms with Crippen LogP contribution < -0.4 is 0 Å². The summed E-state index contributed by atoms with van der Waals surface area (Å²) in [5, 5.41) is 0.356. The minimum absolute atomic E-state index is 0.0270. The second-order valence-electron chi connectivity index (χ2n) is 3.97. The van der Waals surface area contributed by atoms with Crippen molar-refractivity contribution in [3.8, 4) is 11.1 Å². The summed E-state index contributed by atoms with van der Waals surface area (Å²) in [7, 11) is 0. The van der Waals surface area contributed by atoms with Crippen LogP contribution in [0.5, 0.6) is 0 Å². The fourth-order valence-corrected chi connectivity index (χ4v) is 2.31. The van der Waals surface area contributed by atoms with Crippen molar-refractivity contribution in [3.63, 3.8) is 0 Å². The summed E-state index contributed by atoms with van der Waals surface area (Å²) in [5.74, 6) is -1.02. The maximum Gasteiger partial charge on any atom is 0.416 e. The fourth-order valence-electron chi connectivity index (χ4n) is 1.65. The van der Waals surface area contributed by atoms with Gasteiger partial charge in [0.15, 0.2) is 0 Å². The van der Waals surface area contributed by atoms with E-state index in [1.807, 2.05) is 0 Å². The Labute approximate surface area is 126 Å². The molecule has 0 nitrogen and oxygen atoms in total. The van der Waals surface area contributed by atoms with E-state index in [1.54, 1.807) is 0 Å². The largest absolute Gasteiger partial charge is 0.416 e. The van der Waals surface area contributed by atoms with Crippen LogP contribution in [0.4, 0.5) is 17.6 Å². The van der Waals surface area contributed by atoms with Crippen molar-refractivity contribution in [2.75, 3.05) is 0 Å². The topological polar surface area (TPSA) is 0 Å². The van der Waals surface area contributed by atoms with Gasteiger partial charge < -0.3 is 0 Å². The van der Waals surface area contributed by atoms with Crippen LogP contribution in [0.15, 0.2) is 30.3 Å². The second kappa shape index (κ2) is 5.43. The van der Waals surface area contributed by atoms with Crippen LogP contribution in [0.3, 0.4) is 0 Å². The quantitative estimate of drug-likeness (QED) is 0.411. The van der Waals surface area contributed by atoms with Crippen LogP contribution in [-0.4, -0.2) is 0 Å². The lowest BCUT2D eigenvalue weighted by atomic mass is 10.0. The second-order valence-corrected chi connectivity index (χ2v) is 5.19. The van der Waals surface area contributed by atoms with Crippen LogP contribution in [0, 0.1) is 5.82 Å². The molecule has 106 valence electrons. The molecule has 0 saturated carbocycles. The molecular weight excluding hydrogens is 338 g/mol. The van der Waals surface area contributed by atoms with Crippen molar-refractivity contribution in [1.82, 2.24) is 0 Å². The fraction of sp³-hybridized carbons (Fsp3) is 0.0769. The molecule has 0 atom stereocenters. The Balaban J connectivity index is 2.64. The highest BCUT2D eigenvalue weighted by Gasteiger charge is 2.31. The Morgan fingerprint density at radius 3 is 1.95 bits per heavy atom. The molecule has 0 bridgehead atoms. The molecule has 0 aliphatic heterocycles. The van der Waals surface area contributed by atoms with Gasteiger partial charge in [0, 0.05) is 10.6 Å². The van der Waals surface area contributed by atoms with E-state index in [4.69, 9.17) is 34.8 Å². The maximum atomic E-state index is 13.4. The van der Waals surface area contributed by atoms with Gasteiger partial charge in [-0.05, 0) is 35.9 Å². The molecule has 0 unspecified atom stereocenters. The lowest BCUT2D eigenvalue weighted by molar-refractivity contribution is -0.137. The van der Waals surface area contributed by atoms with Gasteiger partial charge in [0.05, 0.1) is 15.6 Å². The van der Waals surface area contributed by atoms with Gasteiger partial charge in [-0.3, -0.25) is 0 Å². The molecule has 7 heteroatoms. The molecule has 0 aromatic heterocycles. The van der Waals surface area contributed by atoms with E-state index in [-0.39, 0.29) is 26.2 Å². The lowest BCUT2D eigenvalue weighted by Crippen LogP contribution is -2.05. The number of halogens is 7. The molecule has 0 spiro atoms. The van der Waals surface area contributed by atoms with Crippen molar-refractivity contribution in [2.24, 2.45) is 0 Å². The van der Waals surface area contributed by atoms with E-state index < -0.39 is 17.6 Å². The Hall–Kier alpha value is -0.970. The third-order valence-corrected chi connectivity index (χ3v) is 3.58. The van der Waals surface area contributed by atoms with Crippen molar-refractivity contribution < 1.29 is 17.6 Å². The van der Waals surface area contributed by atoms with E-state index in [0.717, 1.165) is 12.1 Å². The van der Waals surface area contributed by atoms with Crippen LogP contribution in [0.1, 0.15) is 5.56 Å². The third-order valence-electron chi connectivity index (χ3n) is 2.55. The van der Waals surface area contributed by atoms with Crippen LogP contribution in [0.25, 0.3) is 11.1 Å². The molecule has 2 aromatic carbocycles. The number of hydrogen-bond donors (Lipinski definition) is 0. The highest BCUT2D eigenvalue weighted by atomic mass is 35.5. The van der Waals surface area contributed by atoms with E-state index in [2.05, 4.69) is 0 Å². The van der Waals surface area contributed by atoms with Crippen LogP contribution in [-0.2, 0) is 6.18 Å². The Bertz CT molecular complexity index is 665. The monoisotopic (exact) mass is 342 g/mol. The molecule has 2 aromatic rings. The first-order chi connectivity index (χ1) is 9.18. The molecule has 0 radical (unpaired) electrons. The van der Waals surface area contributed by atoms with E-state index in [9.17, 15) is 17.6 Å². The Morgan fingerprint density at radius 2 is 1.35 bits per heavy atom. The number of rotatable bonds is 1. The van der Waals surface area contributed by atoms with Crippen molar-refractivity contribution in [1.29, 1.82) is 0 Å². The molecule has 2 rings (SSSR count). The van der Waals surface area contributed by atoms with E-state index in [1.165, 1.54) is 12.1 Å². The molecule has 0 saturated heterocycles. The van der Waals surface area contributed by atoms with Crippen molar-refractivity contribution in [3.05, 3.63) is 56.8 Å². The number of benzene rings is 2. The van der Waals surface area contributed by atoms with Crippen LogP contribution >= 0.6 is 34.8 Å². The average Bonchev–Trinajstić information content (AvgIpc) is 2.32. The maximum absolute atomic E-state index is 13.4. The van der Waals surface area contributed by atoms with Gasteiger partial charge in [-0.25, -0.2) is 4.39 Å². The summed E-state index contributed by atoms with van der Waals surface area (Å²) < 4.78 is 51.3. The molecule has 20 heavy (non-hydrogen) atoms.